The number of hydrogen-bond donors (Lipinski definition) is 1. The minimum absolute atomic E-state index is 0.572. The van der Waals surface area contributed by atoms with Crippen LogP contribution in [0.1, 0.15) is 48.5 Å². The molecule has 1 N–H and O–H groups in total. The van der Waals surface area contributed by atoms with Crippen LogP contribution in [0.2, 0.25) is 0 Å². The summed E-state index contributed by atoms with van der Waals surface area (Å²) in [6.45, 7) is 6.11. The highest BCUT2D eigenvalue weighted by Crippen LogP contribution is 2.34. The summed E-state index contributed by atoms with van der Waals surface area (Å²) in [4.78, 5) is 83.5. The summed E-state index contributed by atoms with van der Waals surface area (Å²) in [5, 5.41) is 10.6. The van der Waals surface area contributed by atoms with Crippen LogP contribution in [0.3, 0.4) is 0 Å². The zero-order valence-electron chi connectivity index (χ0n) is 25.1. The van der Waals surface area contributed by atoms with Gasteiger partial charge in [-0.25, -0.2) is 0 Å². The first-order valence-electron chi connectivity index (χ1n) is 13.3. The minimum atomic E-state index is -1.90. The summed E-state index contributed by atoms with van der Waals surface area (Å²) in [5.74, 6) is -6.03. The first-order valence-corrected chi connectivity index (χ1v) is 13.3. The van der Waals surface area contributed by atoms with Crippen LogP contribution < -0.4 is 0 Å². The maximum absolute atomic E-state index is 12.2. The van der Waals surface area contributed by atoms with E-state index in [0.717, 1.165) is 48.5 Å². The topological polar surface area (TPSA) is 232 Å². The van der Waals surface area contributed by atoms with E-state index in [1.165, 1.54) is 0 Å². The molecule has 18 heteroatoms. The van der Waals surface area contributed by atoms with Gasteiger partial charge in [-0.2, -0.15) is 0 Å². The number of esters is 7. The van der Waals surface area contributed by atoms with E-state index in [1.54, 1.807) is 0 Å². The number of carbonyl (C=O) groups is 7. The summed E-state index contributed by atoms with van der Waals surface area (Å²) < 4.78 is 54.1. The normalized spacial score (nSPS) is 31.5. The summed E-state index contributed by atoms with van der Waals surface area (Å²) in [6.07, 6.45) is -16.3. The lowest BCUT2D eigenvalue weighted by molar-refractivity contribution is -0.357. The predicted molar refractivity (Wildman–Crippen MR) is 135 cm³/mol. The molecule has 2 rings (SSSR count). The molecule has 2 fully saturated rings. The third kappa shape index (κ3) is 10.7. The number of hydrogen-bond acceptors (Lipinski definition) is 18. The zero-order valence-corrected chi connectivity index (χ0v) is 25.1. The monoisotopic (exact) mass is 636 g/mol. The Hall–Kier alpha value is -3.87. The van der Waals surface area contributed by atoms with Gasteiger partial charge in [0.25, 0.3) is 0 Å². The van der Waals surface area contributed by atoms with Crippen molar-refractivity contribution in [3.05, 3.63) is 0 Å². The minimum Gasteiger partial charge on any atom is -0.463 e. The SMILES string of the molecule is CC(=O)OCC1OC(O)C(OC(C)=O)[C@@H](OC(C)=O)[C@@H]1O[C@@H]1OC(COC(C)=O)[C@@H](OC(C)=O)[C@@H](OC(C)=O)C1OC(C)=O. The predicted octanol–water partition coefficient (Wildman–Crippen LogP) is -1.40. The molecule has 18 nitrogen and oxygen atoms in total. The number of aliphatic hydroxyl groups excluding tert-OH is 1. The standard InChI is InChI=1S/C26H36O18/c1-10(27)35-8-17-20(21(38-13(4)30)23(25(34)42-17)40-15(6)32)44-26-24(41-16(7)33)22(39-14(5)31)19(37-12(3)29)18(43-26)9-36-11(2)28/h17-26,34H,8-9H2,1-7H3/t17?,18?,19-,20-,21+,22-,23?,24?,25?,26+/m1/s1. The molecule has 2 saturated heterocycles. The summed E-state index contributed by atoms with van der Waals surface area (Å²) in [6, 6.07) is 0. The van der Waals surface area contributed by atoms with Crippen LogP contribution in [-0.2, 0) is 80.9 Å². The van der Waals surface area contributed by atoms with Gasteiger partial charge >= 0.3 is 41.8 Å². The first kappa shape index (κ1) is 36.3. The third-order valence-corrected chi connectivity index (χ3v) is 5.90. The van der Waals surface area contributed by atoms with Crippen molar-refractivity contribution in [2.45, 2.75) is 110 Å². The zero-order chi connectivity index (χ0) is 33.3. The van der Waals surface area contributed by atoms with E-state index in [0.29, 0.717) is 0 Å². The number of carbonyl (C=O) groups excluding carboxylic acids is 7. The van der Waals surface area contributed by atoms with Gasteiger partial charge in [0.2, 0.25) is 0 Å². The molecule has 0 radical (unpaired) electrons. The molecular weight excluding hydrogens is 600 g/mol. The maximum atomic E-state index is 12.2. The molecule has 2 aliphatic rings. The summed E-state index contributed by atoms with van der Waals surface area (Å²) >= 11 is 0. The summed E-state index contributed by atoms with van der Waals surface area (Å²) in [7, 11) is 0. The van der Waals surface area contributed by atoms with Gasteiger partial charge in [0.15, 0.2) is 43.1 Å². The fraction of sp³-hybridized carbons (Fsp3) is 0.731. The van der Waals surface area contributed by atoms with Crippen molar-refractivity contribution < 1.29 is 86.0 Å². The van der Waals surface area contributed by atoms with Crippen LogP contribution in [0.15, 0.2) is 0 Å². The van der Waals surface area contributed by atoms with Gasteiger partial charge in [-0.3, -0.25) is 33.6 Å². The Labute approximate surface area is 251 Å². The molecule has 0 aromatic rings. The summed E-state index contributed by atoms with van der Waals surface area (Å²) in [5.41, 5.74) is 0. The molecule has 0 aromatic carbocycles. The van der Waals surface area contributed by atoms with Crippen molar-refractivity contribution in [3.8, 4) is 0 Å². The lowest BCUT2D eigenvalue weighted by Gasteiger charge is -2.48. The second-order valence-electron chi connectivity index (χ2n) is 9.68. The highest BCUT2D eigenvalue weighted by molar-refractivity contribution is 5.69. The van der Waals surface area contributed by atoms with E-state index >= 15 is 0 Å². The lowest BCUT2D eigenvalue weighted by Crippen LogP contribution is -2.67. The second kappa shape index (κ2) is 16.3. The van der Waals surface area contributed by atoms with Gasteiger partial charge < -0.3 is 52.5 Å². The van der Waals surface area contributed by atoms with Gasteiger partial charge in [-0.05, 0) is 0 Å². The number of ether oxygens (including phenoxy) is 10. The van der Waals surface area contributed by atoms with Crippen molar-refractivity contribution in [1.29, 1.82) is 0 Å². The molecule has 5 unspecified atom stereocenters. The second-order valence-corrected chi connectivity index (χ2v) is 9.68. The van der Waals surface area contributed by atoms with Crippen molar-refractivity contribution in [2.24, 2.45) is 0 Å². The quantitative estimate of drug-likeness (QED) is 0.203. The third-order valence-electron chi connectivity index (χ3n) is 5.90. The highest BCUT2D eigenvalue weighted by Gasteiger charge is 2.57. The average molecular weight is 637 g/mol. The molecule has 0 aromatic heterocycles. The van der Waals surface area contributed by atoms with Gasteiger partial charge in [0.1, 0.15) is 31.5 Å². The Kier molecular flexibility index (Phi) is 13.4. The Bertz CT molecular complexity index is 1090. The van der Waals surface area contributed by atoms with E-state index in [9.17, 15) is 38.7 Å². The van der Waals surface area contributed by atoms with Crippen molar-refractivity contribution in [1.82, 2.24) is 0 Å². The molecule has 10 atom stereocenters. The van der Waals surface area contributed by atoms with Crippen LogP contribution in [0, 0.1) is 0 Å². The fourth-order valence-corrected chi connectivity index (χ4v) is 4.49. The Balaban J connectivity index is 2.66. The van der Waals surface area contributed by atoms with Crippen LogP contribution in [-0.4, -0.2) is 122 Å². The Morgan fingerprint density at radius 1 is 0.477 bits per heavy atom. The van der Waals surface area contributed by atoms with Gasteiger partial charge in [-0.15, -0.1) is 0 Å². The molecule has 0 saturated carbocycles. The first-order chi connectivity index (χ1) is 20.5. The number of rotatable bonds is 11. The van der Waals surface area contributed by atoms with Crippen molar-refractivity contribution >= 4 is 41.8 Å². The molecule has 2 heterocycles. The maximum Gasteiger partial charge on any atom is 0.303 e. The Morgan fingerprint density at radius 3 is 1.27 bits per heavy atom. The molecule has 0 amide bonds. The molecule has 44 heavy (non-hydrogen) atoms. The highest BCUT2D eigenvalue weighted by atomic mass is 16.8. The molecular formula is C26H36O18. The average Bonchev–Trinajstić information content (AvgIpc) is 2.87. The van der Waals surface area contributed by atoms with Gasteiger partial charge in [0.05, 0.1) is 0 Å². The molecule has 0 bridgehead atoms. The van der Waals surface area contributed by atoms with Gasteiger partial charge in [-0.1, -0.05) is 0 Å². The van der Waals surface area contributed by atoms with Crippen LogP contribution >= 0.6 is 0 Å². The van der Waals surface area contributed by atoms with E-state index in [-0.39, 0.29) is 0 Å². The van der Waals surface area contributed by atoms with Crippen LogP contribution in [0.4, 0.5) is 0 Å². The molecule has 0 aliphatic carbocycles. The molecule has 248 valence electrons. The van der Waals surface area contributed by atoms with Gasteiger partial charge in [0, 0.05) is 48.5 Å². The Morgan fingerprint density at radius 2 is 0.841 bits per heavy atom. The fourth-order valence-electron chi connectivity index (χ4n) is 4.49. The smallest absolute Gasteiger partial charge is 0.303 e. The molecule has 0 spiro atoms. The van der Waals surface area contributed by atoms with E-state index in [2.05, 4.69) is 0 Å². The van der Waals surface area contributed by atoms with Crippen LogP contribution in [0.5, 0.6) is 0 Å². The molecule has 2 aliphatic heterocycles. The van der Waals surface area contributed by atoms with Crippen molar-refractivity contribution in [3.63, 3.8) is 0 Å². The van der Waals surface area contributed by atoms with E-state index in [1.807, 2.05) is 0 Å². The van der Waals surface area contributed by atoms with E-state index < -0.39 is 116 Å². The van der Waals surface area contributed by atoms with Crippen molar-refractivity contribution in [2.75, 3.05) is 13.2 Å². The number of aliphatic hydroxyl groups is 1. The lowest BCUT2D eigenvalue weighted by atomic mass is 9.96. The largest absolute Gasteiger partial charge is 0.463 e. The van der Waals surface area contributed by atoms with Crippen LogP contribution in [0.25, 0.3) is 0 Å². The van der Waals surface area contributed by atoms with E-state index in [4.69, 9.17) is 47.4 Å².